The molecule has 0 saturated carbocycles. The summed E-state index contributed by atoms with van der Waals surface area (Å²) in [5, 5.41) is 10.7. The third kappa shape index (κ3) is 19.0. The van der Waals surface area contributed by atoms with Crippen LogP contribution in [0, 0.1) is 0 Å². The Morgan fingerprint density at radius 3 is 1.60 bits per heavy atom. The average Bonchev–Trinajstić information content (AvgIpc) is 2.56. The number of hydrogen-bond donors (Lipinski definition) is 0. The van der Waals surface area contributed by atoms with E-state index in [-0.39, 0.29) is 36.0 Å². The van der Waals surface area contributed by atoms with Gasteiger partial charge in [-0.1, -0.05) is 78.1 Å². The van der Waals surface area contributed by atoms with Gasteiger partial charge in [-0.2, -0.15) is 0 Å². The van der Waals surface area contributed by atoms with Gasteiger partial charge >= 0.3 is 29.6 Å². The van der Waals surface area contributed by atoms with E-state index in [9.17, 15) is 9.90 Å². The first-order valence-corrected chi connectivity index (χ1v) is 10.6. The fourth-order valence-electron chi connectivity index (χ4n) is 3.25. The molecule has 3 nitrogen and oxygen atoms in total. The van der Waals surface area contributed by atoms with Gasteiger partial charge in [-0.15, -0.1) is 0 Å². The minimum Gasteiger partial charge on any atom is -0.550 e. The van der Waals surface area contributed by atoms with Crippen molar-refractivity contribution in [2.75, 3.05) is 13.1 Å². The number of unbranched alkanes of at least 4 members (excludes halogenated alkanes) is 10. The first-order valence-electron chi connectivity index (χ1n) is 10.6. The van der Waals surface area contributed by atoms with Gasteiger partial charge in [0.1, 0.15) is 0 Å². The van der Waals surface area contributed by atoms with Crippen LogP contribution in [0.15, 0.2) is 0 Å². The van der Waals surface area contributed by atoms with Crippen molar-refractivity contribution in [2.24, 2.45) is 0 Å². The molecule has 25 heavy (non-hydrogen) atoms. The second kappa shape index (κ2) is 20.7. The van der Waals surface area contributed by atoms with Crippen LogP contribution >= 0.6 is 0 Å². The molecule has 0 fully saturated rings. The van der Waals surface area contributed by atoms with E-state index in [2.05, 4.69) is 25.7 Å². The van der Waals surface area contributed by atoms with Crippen LogP contribution < -0.4 is 34.7 Å². The molecule has 144 valence electrons. The molecule has 0 aliphatic carbocycles. The summed E-state index contributed by atoms with van der Waals surface area (Å²) in [5.74, 6) is -0.916. The summed E-state index contributed by atoms with van der Waals surface area (Å²) < 4.78 is 0. The van der Waals surface area contributed by atoms with Crippen LogP contribution in [0.25, 0.3) is 0 Å². The van der Waals surface area contributed by atoms with Crippen LogP contribution in [0.1, 0.15) is 111 Å². The van der Waals surface area contributed by atoms with Crippen molar-refractivity contribution < 1.29 is 39.5 Å². The van der Waals surface area contributed by atoms with Crippen molar-refractivity contribution in [3.05, 3.63) is 0 Å². The molecular weight excluding hydrogens is 321 g/mol. The van der Waals surface area contributed by atoms with E-state index < -0.39 is 5.97 Å². The molecular formula is C21H42NNaO2. The molecule has 0 heterocycles. The zero-order valence-electron chi connectivity index (χ0n) is 17.7. The second-order valence-corrected chi connectivity index (χ2v) is 7.33. The third-order valence-electron chi connectivity index (χ3n) is 4.99. The van der Waals surface area contributed by atoms with Crippen LogP contribution in [-0.2, 0) is 4.79 Å². The van der Waals surface area contributed by atoms with E-state index in [0.717, 1.165) is 13.1 Å². The largest absolute Gasteiger partial charge is 1.00 e. The Bertz CT molecular complexity index is 271. The van der Waals surface area contributed by atoms with E-state index in [0.29, 0.717) is 12.5 Å². The van der Waals surface area contributed by atoms with Gasteiger partial charge in [0.2, 0.25) is 0 Å². The maximum Gasteiger partial charge on any atom is 1.00 e. The van der Waals surface area contributed by atoms with Gasteiger partial charge < -0.3 is 14.8 Å². The fourth-order valence-corrected chi connectivity index (χ4v) is 3.25. The first-order chi connectivity index (χ1) is 11.6. The van der Waals surface area contributed by atoms with Crippen LogP contribution in [0.2, 0.25) is 0 Å². The van der Waals surface area contributed by atoms with Crippen molar-refractivity contribution in [3.63, 3.8) is 0 Å². The molecule has 0 aromatic carbocycles. The van der Waals surface area contributed by atoms with Gasteiger partial charge in [-0.25, -0.2) is 0 Å². The van der Waals surface area contributed by atoms with Gasteiger partial charge in [0, 0.05) is 12.0 Å². The van der Waals surface area contributed by atoms with Crippen molar-refractivity contribution >= 4 is 5.97 Å². The van der Waals surface area contributed by atoms with E-state index in [4.69, 9.17) is 0 Å². The van der Waals surface area contributed by atoms with Crippen LogP contribution in [-0.4, -0.2) is 30.0 Å². The van der Waals surface area contributed by atoms with Gasteiger partial charge in [-0.3, -0.25) is 0 Å². The van der Waals surface area contributed by atoms with Gasteiger partial charge in [0.05, 0.1) is 0 Å². The van der Waals surface area contributed by atoms with Crippen LogP contribution in [0.4, 0.5) is 0 Å². The number of carboxylic acids is 1. The summed E-state index contributed by atoms with van der Waals surface area (Å²) >= 11 is 0. The predicted octanol–water partition coefficient (Wildman–Crippen LogP) is 1.93. The monoisotopic (exact) mass is 363 g/mol. The summed E-state index contributed by atoms with van der Waals surface area (Å²) in [4.78, 5) is 13.2. The summed E-state index contributed by atoms with van der Waals surface area (Å²) in [6.07, 6.45) is 16.7. The molecule has 0 aromatic rings. The molecule has 0 radical (unpaired) electrons. The minimum absolute atomic E-state index is 0. The summed E-state index contributed by atoms with van der Waals surface area (Å²) in [6.45, 7) is 8.92. The molecule has 0 bridgehead atoms. The quantitative estimate of drug-likeness (QED) is 0.276. The predicted molar refractivity (Wildman–Crippen MR) is 102 cm³/mol. The van der Waals surface area contributed by atoms with Gasteiger partial charge in [-0.05, 0) is 45.7 Å². The normalized spacial score (nSPS) is 12.2. The molecule has 0 spiro atoms. The Balaban J connectivity index is 0. The molecule has 0 amide bonds. The second-order valence-electron chi connectivity index (χ2n) is 7.33. The number of rotatable bonds is 18. The Morgan fingerprint density at radius 2 is 1.20 bits per heavy atom. The number of aliphatic carboxylic acids is 1. The van der Waals surface area contributed by atoms with Crippen molar-refractivity contribution in [1.82, 2.24) is 4.90 Å². The van der Waals surface area contributed by atoms with Crippen molar-refractivity contribution in [2.45, 2.75) is 117 Å². The molecule has 0 aromatic heterocycles. The first kappa shape index (κ1) is 27.6. The Labute approximate surface area is 179 Å². The smallest absolute Gasteiger partial charge is 0.550 e. The van der Waals surface area contributed by atoms with Crippen molar-refractivity contribution in [3.8, 4) is 0 Å². The Hall–Kier alpha value is 0.430. The molecule has 0 N–H and O–H groups in total. The van der Waals surface area contributed by atoms with E-state index in [1.807, 2.05) is 0 Å². The van der Waals surface area contributed by atoms with Crippen molar-refractivity contribution in [1.29, 1.82) is 0 Å². The summed E-state index contributed by atoms with van der Waals surface area (Å²) in [7, 11) is 0. The fraction of sp³-hybridized carbons (Fsp3) is 0.952. The molecule has 1 unspecified atom stereocenters. The number of nitrogens with zero attached hydrogens (tertiary/aromatic N) is 1. The minimum atomic E-state index is -0.916. The standard InChI is InChI=1S/C21H43NO2.Na/c1-4-6-8-10-12-14-18-22(20(3)16-17-21(23)24)19-15-13-11-9-7-5-2;/h20H,4-19H2,1-3H3,(H,23,24);/q;+1/p-1. The number of hydrogen-bond acceptors (Lipinski definition) is 3. The van der Waals surface area contributed by atoms with Crippen LogP contribution in [0.3, 0.4) is 0 Å². The summed E-state index contributed by atoms with van der Waals surface area (Å²) in [5.41, 5.74) is 0. The topological polar surface area (TPSA) is 43.4 Å². The van der Waals surface area contributed by atoms with Gasteiger partial charge in [0.15, 0.2) is 0 Å². The number of carboxylic acid groups (broad SMARTS) is 1. The average molecular weight is 364 g/mol. The summed E-state index contributed by atoms with van der Waals surface area (Å²) in [6, 6.07) is 0.356. The Morgan fingerprint density at radius 1 is 0.800 bits per heavy atom. The molecule has 1 atom stereocenters. The molecule has 0 aliphatic heterocycles. The molecule has 4 heteroatoms. The SMILES string of the molecule is CCCCCCCCN(CCCCCCCC)C(C)CCC(=O)[O-].[Na+]. The van der Waals surface area contributed by atoms with E-state index in [1.54, 1.807) is 0 Å². The molecule has 0 aliphatic rings. The number of carbonyl (C=O) groups excluding carboxylic acids is 1. The van der Waals surface area contributed by atoms with Crippen LogP contribution in [0.5, 0.6) is 0 Å². The number of carbonyl (C=O) groups is 1. The molecule has 0 saturated heterocycles. The Kier molecular flexibility index (Phi) is 22.9. The van der Waals surface area contributed by atoms with E-state index in [1.165, 1.54) is 77.0 Å². The zero-order chi connectivity index (χ0) is 18.0. The molecule has 0 rings (SSSR count). The maximum absolute atomic E-state index is 10.7. The van der Waals surface area contributed by atoms with E-state index >= 15 is 0 Å². The third-order valence-corrected chi connectivity index (χ3v) is 4.99. The van der Waals surface area contributed by atoms with Gasteiger partial charge in [0.25, 0.3) is 0 Å². The maximum atomic E-state index is 10.7. The zero-order valence-corrected chi connectivity index (χ0v) is 19.7.